The molecule has 1 saturated heterocycles. The summed E-state index contributed by atoms with van der Waals surface area (Å²) in [5.74, 6) is -1.19. The van der Waals surface area contributed by atoms with Crippen molar-refractivity contribution in [1.82, 2.24) is 4.90 Å². The number of carboxylic acids is 1. The molecule has 1 N–H and O–H groups in total. The molecule has 29 heavy (non-hydrogen) atoms. The van der Waals surface area contributed by atoms with Crippen LogP contribution in [0, 0.1) is 0 Å². The molecule has 0 aliphatic carbocycles. The summed E-state index contributed by atoms with van der Waals surface area (Å²) in [4.78, 5) is 36.8. The van der Waals surface area contributed by atoms with Gasteiger partial charge in [-0.1, -0.05) is 70.2 Å². The Labute approximate surface area is 184 Å². The molecule has 9 heteroatoms. The zero-order chi connectivity index (χ0) is 21.0. The number of Topliss-reactive ketones (excluding diaryl/α,β-unsaturated/α-hetero) is 1. The topological polar surface area (TPSA) is 83.9 Å². The van der Waals surface area contributed by atoms with Crippen molar-refractivity contribution in [3.63, 3.8) is 0 Å². The van der Waals surface area contributed by atoms with E-state index in [0.717, 1.165) is 22.2 Å². The molecule has 6 nitrogen and oxygen atoms in total. The molecule has 0 atom stereocenters. The minimum Gasteiger partial charge on any atom is -0.485 e. The molecule has 0 aromatic heterocycles. The summed E-state index contributed by atoms with van der Waals surface area (Å²) < 4.78 is 6.47. The Balaban J connectivity index is 1.63. The largest absolute Gasteiger partial charge is 0.485 e. The van der Waals surface area contributed by atoms with Crippen LogP contribution >= 0.6 is 39.9 Å². The van der Waals surface area contributed by atoms with Gasteiger partial charge in [-0.25, -0.2) is 0 Å². The van der Waals surface area contributed by atoms with E-state index in [4.69, 9.17) is 22.1 Å². The molecule has 148 valence electrons. The van der Waals surface area contributed by atoms with Gasteiger partial charge in [-0.05, 0) is 29.8 Å². The van der Waals surface area contributed by atoms with Gasteiger partial charge >= 0.3 is 5.97 Å². The van der Waals surface area contributed by atoms with E-state index in [-0.39, 0.29) is 16.7 Å². The van der Waals surface area contributed by atoms with Crippen LogP contribution in [0.4, 0.5) is 0 Å². The number of benzene rings is 2. The van der Waals surface area contributed by atoms with Gasteiger partial charge in [0.2, 0.25) is 5.78 Å². The highest BCUT2D eigenvalue weighted by atomic mass is 79.9. The number of carbonyl (C=O) groups is 3. The maximum atomic E-state index is 12.3. The number of nitrogens with zero attached hydrogens (tertiary/aromatic N) is 1. The first kappa shape index (κ1) is 21.2. The van der Waals surface area contributed by atoms with Crippen molar-refractivity contribution in [2.45, 2.75) is 0 Å². The van der Waals surface area contributed by atoms with Crippen molar-refractivity contribution in [3.05, 3.63) is 69.0 Å². The number of carboxylic acid groups (broad SMARTS) is 1. The number of hydrogen-bond acceptors (Lipinski definition) is 6. The van der Waals surface area contributed by atoms with Gasteiger partial charge in [0.05, 0.1) is 4.91 Å². The zero-order valence-electron chi connectivity index (χ0n) is 14.8. The number of aliphatic carboxylic acids is 1. The molecule has 2 aromatic rings. The lowest BCUT2D eigenvalue weighted by Gasteiger charge is -2.10. The fourth-order valence-electron chi connectivity index (χ4n) is 2.50. The molecular weight excluding hydrogens is 478 g/mol. The average Bonchev–Trinajstić information content (AvgIpc) is 2.94. The average molecular weight is 492 g/mol. The Morgan fingerprint density at radius 2 is 1.86 bits per heavy atom. The normalized spacial score (nSPS) is 15.1. The van der Waals surface area contributed by atoms with Crippen LogP contribution in [0.15, 0.2) is 57.9 Å². The predicted molar refractivity (Wildman–Crippen MR) is 118 cm³/mol. The Morgan fingerprint density at radius 1 is 1.17 bits per heavy atom. The Morgan fingerprint density at radius 3 is 2.52 bits per heavy atom. The molecular formula is C20H14BrNO5S2. The first-order valence-electron chi connectivity index (χ1n) is 8.33. The van der Waals surface area contributed by atoms with Crippen molar-refractivity contribution in [1.29, 1.82) is 0 Å². The summed E-state index contributed by atoms with van der Waals surface area (Å²) in [5, 5.41) is 8.87. The van der Waals surface area contributed by atoms with E-state index in [2.05, 4.69) is 15.9 Å². The molecule has 3 rings (SSSR count). The molecule has 2 aromatic carbocycles. The van der Waals surface area contributed by atoms with E-state index in [0.29, 0.717) is 20.7 Å². The zero-order valence-corrected chi connectivity index (χ0v) is 18.1. The fourth-order valence-corrected chi connectivity index (χ4v) is 4.26. The van der Waals surface area contributed by atoms with Crippen molar-refractivity contribution < 1.29 is 24.2 Å². The summed E-state index contributed by atoms with van der Waals surface area (Å²) >= 11 is 9.47. The van der Waals surface area contributed by atoms with Crippen LogP contribution in [0.2, 0.25) is 0 Å². The molecule has 1 aliphatic rings. The number of thioether (sulfide) groups is 1. The van der Waals surface area contributed by atoms with Gasteiger partial charge in [0.1, 0.15) is 16.6 Å². The van der Waals surface area contributed by atoms with Crippen LogP contribution in [0.5, 0.6) is 5.75 Å². The number of hydrogen-bond donors (Lipinski definition) is 1. The maximum absolute atomic E-state index is 12.3. The van der Waals surface area contributed by atoms with Crippen LogP contribution in [-0.4, -0.2) is 45.1 Å². The molecule has 1 amide bonds. The minimum absolute atomic E-state index is 0.101. The second kappa shape index (κ2) is 9.34. The van der Waals surface area contributed by atoms with E-state index in [1.807, 2.05) is 6.07 Å². The summed E-state index contributed by atoms with van der Waals surface area (Å²) in [5.41, 5.74) is 1.28. The van der Waals surface area contributed by atoms with Gasteiger partial charge in [0, 0.05) is 10.0 Å². The number of ketones is 1. The number of ether oxygens (including phenoxy) is 1. The molecule has 1 heterocycles. The van der Waals surface area contributed by atoms with Crippen LogP contribution in [0.1, 0.15) is 15.9 Å². The molecule has 1 fully saturated rings. The Hall–Kier alpha value is -2.49. The molecule has 0 bridgehead atoms. The molecule has 0 radical (unpaired) electrons. The molecule has 0 spiro atoms. The first-order valence-corrected chi connectivity index (χ1v) is 10.3. The molecule has 1 aliphatic heterocycles. The highest BCUT2D eigenvalue weighted by Crippen LogP contribution is 2.32. The molecule has 0 saturated carbocycles. The lowest BCUT2D eigenvalue weighted by Crippen LogP contribution is -2.33. The van der Waals surface area contributed by atoms with Gasteiger partial charge < -0.3 is 9.84 Å². The summed E-state index contributed by atoms with van der Waals surface area (Å²) in [6.07, 6.45) is 1.64. The second-order valence-electron chi connectivity index (χ2n) is 5.92. The van der Waals surface area contributed by atoms with E-state index in [1.54, 1.807) is 48.5 Å². The van der Waals surface area contributed by atoms with E-state index in [9.17, 15) is 14.4 Å². The highest BCUT2D eigenvalue weighted by molar-refractivity contribution is 9.10. The predicted octanol–water partition coefficient (Wildman–Crippen LogP) is 4.00. The lowest BCUT2D eigenvalue weighted by atomic mass is 10.1. The second-order valence-corrected chi connectivity index (χ2v) is 8.45. The standard InChI is InChI=1S/C20H14BrNO5S2/c21-15-4-2-1-3-14(15)16(23)11-27-13-7-5-12(6-8-13)9-17-19(26)22(10-18(24)25)20(28)29-17/h1-9H,10-11H2,(H,24,25)/b17-9-. The van der Waals surface area contributed by atoms with Gasteiger partial charge in [-0.15, -0.1) is 0 Å². The van der Waals surface area contributed by atoms with Gasteiger partial charge in [-0.3, -0.25) is 19.3 Å². The third kappa shape index (κ3) is 5.31. The maximum Gasteiger partial charge on any atom is 0.323 e. The Bertz CT molecular complexity index is 1020. The van der Waals surface area contributed by atoms with Crippen LogP contribution in [0.3, 0.4) is 0 Å². The van der Waals surface area contributed by atoms with Crippen LogP contribution in [-0.2, 0) is 9.59 Å². The van der Waals surface area contributed by atoms with Gasteiger partial charge in [-0.2, -0.15) is 0 Å². The van der Waals surface area contributed by atoms with E-state index >= 15 is 0 Å². The fraction of sp³-hybridized carbons (Fsp3) is 0.100. The first-order chi connectivity index (χ1) is 13.8. The SMILES string of the molecule is O=C(O)CN1C(=O)/C(=C/c2ccc(OCC(=O)c3ccccc3Br)cc2)SC1=S. The smallest absolute Gasteiger partial charge is 0.323 e. The summed E-state index contributed by atoms with van der Waals surface area (Å²) in [7, 11) is 0. The van der Waals surface area contributed by atoms with Gasteiger partial charge in [0.25, 0.3) is 5.91 Å². The minimum atomic E-state index is -1.12. The van der Waals surface area contributed by atoms with Gasteiger partial charge in [0.15, 0.2) is 6.61 Å². The van der Waals surface area contributed by atoms with Crippen molar-refractivity contribution in [2.24, 2.45) is 0 Å². The quantitative estimate of drug-likeness (QED) is 0.356. The monoisotopic (exact) mass is 491 g/mol. The number of carbonyl (C=O) groups excluding carboxylic acids is 2. The van der Waals surface area contributed by atoms with Crippen molar-refractivity contribution in [3.8, 4) is 5.75 Å². The number of thiocarbonyl (C=S) groups is 1. The number of amides is 1. The summed E-state index contributed by atoms with van der Waals surface area (Å²) in [6, 6.07) is 14.0. The third-order valence-corrected chi connectivity index (χ3v) is 5.96. The van der Waals surface area contributed by atoms with Crippen molar-refractivity contribution in [2.75, 3.05) is 13.2 Å². The van der Waals surface area contributed by atoms with Crippen molar-refractivity contribution >= 4 is 68.0 Å². The number of halogens is 1. The third-order valence-electron chi connectivity index (χ3n) is 3.89. The van der Waals surface area contributed by atoms with Crippen LogP contribution in [0.25, 0.3) is 6.08 Å². The molecule has 0 unspecified atom stereocenters. The number of rotatable bonds is 7. The van der Waals surface area contributed by atoms with E-state index in [1.165, 1.54) is 0 Å². The Kier molecular flexibility index (Phi) is 6.83. The lowest BCUT2D eigenvalue weighted by molar-refractivity contribution is -0.140. The van der Waals surface area contributed by atoms with E-state index < -0.39 is 18.4 Å². The highest BCUT2D eigenvalue weighted by Gasteiger charge is 2.33. The summed E-state index contributed by atoms with van der Waals surface area (Å²) in [6.45, 7) is -0.559. The van der Waals surface area contributed by atoms with Crippen LogP contribution < -0.4 is 4.74 Å².